The first-order valence-corrected chi connectivity index (χ1v) is 6.92. The lowest BCUT2D eigenvalue weighted by atomic mass is 10.1. The minimum atomic E-state index is 0.812. The Hall–Kier alpha value is -1.02. The van der Waals surface area contributed by atoms with Crippen molar-refractivity contribution < 1.29 is 0 Å². The predicted molar refractivity (Wildman–Crippen MR) is 74.1 cm³/mol. The molecule has 94 valence electrons. The topological polar surface area (TPSA) is 38.0 Å². The van der Waals surface area contributed by atoms with E-state index in [2.05, 4.69) is 17.4 Å². The number of benzene rings is 1. The number of anilines is 1. The third-order valence-corrected chi connectivity index (χ3v) is 3.66. The number of hydrogen-bond acceptors (Lipinski definition) is 2. The van der Waals surface area contributed by atoms with Gasteiger partial charge in [-0.05, 0) is 56.3 Å². The van der Waals surface area contributed by atoms with Crippen molar-refractivity contribution in [3.8, 4) is 0 Å². The molecule has 0 radical (unpaired) electrons. The molecular weight excluding hydrogens is 208 g/mol. The summed E-state index contributed by atoms with van der Waals surface area (Å²) in [6, 6.07) is 9.07. The third-order valence-electron chi connectivity index (χ3n) is 3.66. The maximum atomic E-state index is 5.66. The van der Waals surface area contributed by atoms with Gasteiger partial charge in [-0.15, -0.1) is 0 Å². The van der Waals surface area contributed by atoms with Crippen LogP contribution in [0.25, 0.3) is 0 Å². The SMILES string of the molecule is Nc1ccc(CCCCNC2CCCC2)cc1. The van der Waals surface area contributed by atoms with Crippen molar-refractivity contribution in [1.29, 1.82) is 0 Å². The van der Waals surface area contributed by atoms with Crippen LogP contribution in [0.15, 0.2) is 24.3 Å². The molecule has 0 aromatic heterocycles. The fourth-order valence-corrected chi connectivity index (χ4v) is 2.57. The van der Waals surface area contributed by atoms with Crippen molar-refractivity contribution in [2.45, 2.75) is 51.0 Å². The molecule has 1 saturated carbocycles. The van der Waals surface area contributed by atoms with Gasteiger partial charge in [0.2, 0.25) is 0 Å². The van der Waals surface area contributed by atoms with Crippen molar-refractivity contribution in [3.63, 3.8) is 0 Å². The summed E-state index contributed by atoms with van der Waals surface area (Å²) in [4.78, 5) is 0. The summed E-state index contributed by atoms with van der Waals surface area (Å²) < 4.78 is 0. The molecule has 2 nitrogen and oxygen atoms in total. The molecule has 0 aliphatic heterocycles. The number of nitrogens with one attached hydrogen (secondary N) is 1. The molecule has 1 aliphatic rings. The van der Waals surface area contributed by atoms with E-state index in [1.165, 1.54) is 57.1 Å². The molecule has 17 heavy (non-hydrogen) atoms. The number of nitrogen functional groups attached to an aromatic ring is 1. The van der Waals surface area contributed by atoms with Gasteiger partial charge in [0, 0.05) is 11.7 Å². The third kappa shape index (κ3) is 4.39. The highest BCUT2D eigenvalue weighted by atomic mass is 14.9. The molecule has 0 unspecified atom stereocenters. The van der Waals surface area contributed by atoms with Crippen LogP contribution in [0.4, 0.5) is 5.69 Å². The number of unbranched alkanes of at least 4 members (excludes halogenated alkanes) is 1. The molecule has 2 heteroatoms. The summed E-state index contributed by atoms with van der Waals surface area (Å²) in [6.45, 7) is 1.18. The van der Waals surface area contributed by atoms with Crippen LogP contribution < -0.4 is 11.1 Å². The van der Waals surface area contributed by atoms with Crippen molar-refractivity contribution in [3.05, 3.63) is 29.8 Å². The summed E-state index contributed by atoms with van der Waals surface area (Å²) >= 11 is 0. The van der Waals surface area contributed by atoms with Gasteiger partial charge >= 0.3 is 0 Å². The van der Waals surface area contributed by atoms with Crippen molar-refractivity contribution in [2.75, 3.05) is 12.3 Å². The lowest BCUT2D eigenvalue weighted by Crippen LogP contribution is -2.26. The Morgan fingerprint density at radius 1 is 1.06 bits per heavy atom. The average Bonchev–Trinajstić information content (AvgIpc) is 2.84. The fourth-order valence-electron chi connectivity index (χ4n) is 2.57. The molecule has 1 fully saturated rings. The zero-order valence-electron chi connectivity index (χ0n) is 10.6. The lowest BCUT2D eigenvalue weighted by Gasteiger charge is -2.11. The minimum Gasteiger partial charge on any atom is -0.399 e. The molecule has 0 bridgehead atoms. The van der Waals surface area contributed by atoms with Gasteiger partial charge in [0.25, 0.3) is 0 Å². The Bertz CT molecular complexity index is 312. The van der Waals surface area contributed by atoms with Crippen LogP contribution in [0.1, 0.15) is 44.1 Å². The number of nitrogens with two attached hydrogens (primary N) is 1. The zero-order chi connectivity index (χ0) is 11.9. The van der Waals surface area contributed by atoms with Crippen LogP contribution in [-0.4, -0.2) is 12.6 Å². The summed E-state index contributed by atoms with van der Waals surface area (Å²) in [6.07, 6.45) is 9.33. The fraction of sp³-hybridized carbons (Fsp3) is 0.600. The molecule has 1 aromatic carbocycles. The quantitative estimate of drug-likeness (QED) is 0.584. The van der Waals surface area contributed by atoms with Gasteiger partial charge in [-0.3, -0.25) is 0 Å². The first-order chi connectivity index (χ1) is 8.34. The number of aryl methyl sites for hydroxylation is 1. The largest absolute Gasteiger partial charge is 0.399 e. The van der Waals surface area contributed by atoms with E-state index >= 15 is 0 Å². The Morgan fingerprint density at radius 3 is 2.47 bits per heavy atom. The molecule has 0 saturated heterocycles. The van der Waals surface area contributed by atoms with E-state index in [0.717, 1.165) is 11.7 Å². The normalized spacial score (nSPS) is 16.5. The van der Waals surface area contributed by atoms with Gasteiger partial charge in [0.15, 0.2) is 0 Å². The average molecular weight is 232 g/mol. The highest BCUT2D eigenvalue weighted by Gasteiger charge is 2.12. The second-order valence-electron chi connectivity index (χ2n) is 5.13. The van der Waals surface area contributed by atoms with Crippen LogP contribution in [0, 0.1) is 0 Å². The van der Waals surface area contributed by atoms with Gasteiger partial charge < -0.3 is 11.1 Å². The van der Waals surface area contributed by atoms with Crippen LogP contribution in [-0.2, 0) is 6.42 Å². The van der Waals surface area contributed by atoms with E-state index in [-0.39, 0.29) is 0 Å². The summed E-state index contributed by atoms with van der Waals surface area (Å²) in [5, 5.41) is 3.66. The molecular formula is C15H24N2. The van der Waals surface area contributed by atoms with E-state index in [9.17, 15) is 0 Å². The number of hydrogen-bond donors (Lipinski definition) is 2. The van der Waals surface area contributed by atoms with Gasteiger partial charge in [-0.2, -0.15) is 0 Å². The van der Waals surface area contributed by atoms with Gasteiger partial charge in [-0.1, -0.05) is 25.0 Å². The number of rotatable bonds is 6. The van der Waals surface area contributed by atoms with Crippen molar-refractivity contribution >= 4 is 5.69 Å². The summed E-state index contributed by atoms with van der Waals surface area (Å²) in [5.41, 5.74) is 7.92. The second kappa shape index (κ2) is 6.65. The molecule has 0 heterocycles. The van der Waals surface area contributed by atoms with E-state index in [4.69, 9.17) is 5.73 Å². The predicted octanol–water partition coefficient (Wildman–Crippen LogP) is 3.12. The van der Waals surface area contributed by atoms with E-state index in [0.29, 0.717) is 0 Å². The Labute approximate surface area is 105 Å². The van der Waals surface area contributed by atoms with Crippen molar-refractivity contribution in [2.24, 2.45) is 0 Å². The first-order valence-electron chi connectivity index (χ1n) is 6.92. The Kier molecular flexibility index (Phi) is 4.87. The molecule has 1 aromatic rings. The smallest absolute Gasteiger partial charge is 0.0314 e. The zero-order valence-corrected chi connectivity index (χ0v) is 10.6. The maximum Gasteiger partial charge on any atom is 0.0314 e. The highest BCUT2D eigenvalue weighted by molar-refractivity contribution is 5.39. The van der Waals surface area contributed by atoms with E-state index < -0.39 is 0 Å². The molecule has 0 atom stereocenters. The van der Waals surface area contributed by atoms with Crippen molar-refractivity contribution in [1.82, 2.24) is 5.32 Å². The standard InChI is InChI=1S/C15H24N2/c16-14-10-8-13(9-11-14)5-3-4-12-17-15-6-1-2-7-15/h8-11,15,17H,1-7,12,16H2. The lowest BCUT2D eigenvalue weighted by molar-refractivity contribution is 0.508. The molecule has 1 aliphatic carbocycles. The Balaban J connectivity index is 1.55. The van der Waals surface area contributed by atoms with Gasteiger partial charge in [0.1, 0.15) is 0 Å². The van der Waals surface area contributed by atoms with Crippen LogP contribution in [0.2, 0.25) is 0 Å². The van der Waals surface area contributed by atoms with E-state index in [1.807, 2.05) is 12.1 Å². The van der Waals surface area contributed by atoms with Gasteiger partial charge in [0.05, 0.1) is 0 Å². The second-order valence-corrected chi connectivity index (χ2v) is 5.13. The molecule has 0 spiro atoms. The van der Waals surface area contributed by atoms with Crippen LogP contribution in [0.3, 0.4) is 0 Å². The van der Waals surface area contributed by atoms with E-state index in [1.54, 1.807) is 0 Å². The monoisotopic (exact) mass is 232 g/mol. The van der Waals surface area contributed by atoms with Gasteiger partial charge in [-0.25, -0.2) is 0 Å². The van der Waals surface area contributed by atoms with Crippen LogP contribution >= 0.6 is 0 Å². The minimum absolute atomic E-state index is 0.812. The highest BCUT2D eigenvalue weighted by Crippen LogP contribution is 2.17. The first kappa shape index (κ1) is 12.4. The van der Waals surface area contributed by atoms with Crippen LogP contribution in [0.5, 0.6) is 0 Å². The Morgan fingerprint density at radius 2 is 1.76 bits per heavy atom. The summed E-state index contributed by atoms with van der Waals surface area (Å²) in [7, 11) is 0. The molecule has 2 rings (SSSR count). The summed E-state index contributed by atoms with van der Waals surface area (Å²) in [5.74, 6) is 0. The molecule has 0 amide bonds. The molecule has 3 N–H and O–H groups in total. The maximum absolute atomic E-state index is 5.66.